The summed E-state index contributed by atoms with van der Waals surface area (Å²) >= 11 is 7.16. The number of nitrogens with two attached hydrogens (primary N) is 1. The molecule has 12 heteroatoms. The molecule has 0 bridgehead atoms. The third-order valence-electron chi connectivity index (χ3n) is 5.67. The Hall–Kier alpha value is -3.02. The van der Waals surface area contributed by atoms with Crippen LogP contribution < -0.4 is 16.0 Å². The number of nitrogens with one attached hydrogen (secondary N) is 1. The number of rotatable bonds is 7. The first-order valence-electron chi connectivity index (χ1n) is 11.1. The number of halogens is 4. The molecule has 0 atom stereocenters. The summed E-state index contributed by atoms with van der Waals surface area (Å²) in [5, 5.41) is 3.87. The molecule has 2 heterocycles. The number of piperazine rings is 1. The zero-order chi connectivity index (χ0) is 25.9. The number of nitrogens with zero attached hydrogens (tertiary/aromatic N) is 4. The van der Waals surface area contributed by atoms with Gasteiger partial charge in [-0.3, -0.25) is 4.79 Å². The van der Waals surface area contributed by atoms with Gasteiger partial charge in [0, 0.05) is 48.8 Å². The number of likely N-dealkylation sites (N-methyl/N-ethyl adjacent to an activating group) is 1. The zero-order valence-corrected chi connectivity index (χ0v) is 20.9. The van der Waals surface area contributed by atoms with Crippen LogP contribution in [0.25, 0.3) is 0 Å². The fraction of sp³-hybridized carbons (Fsp3) is 0.292. The molecular weight excluding hydrogens is 513 g/mol. The highest BCUT2D eigenvalue weighted by molar-refractivity contribution is 7.99. The maximum Gasteiger partial charge on any atom is 0.417 e. The minimum Gasteiger partial charge on any atom is -0.366 e. The fourth-order valence-corrected chi connectivity index (χ4v) is 4.82. The van der Waals surface area contributed by atoms with Gasteiger partial charge in [0.2, 0.25) is 11.9 Å². The van der Waals surface area contributed by atoms with Crippen molar-refractivity contribution in [2.24, 2.45) is 5.73 Å². The molecule has 7 nitrogen and oxygen atoms in total. The van der Waals surface area contributed by atoms with Crippen LogP contribution >= 0.6 is 23.4 Å². The molecule has 0 unspecified atom stereocenters. The van der Waals surface area contributed by atoms with Crippen LogP contribution in [0.2, 0.25) is 5.02 Å². The van der Waals surface area contributed by atoms with Gasteiger partial charge in [0.1, 0.15) is 5.82 Å². The summed E-state index contributed by atoms with van der Waals surface area (Å²) in [7, 11) is 2.05. The maximum absolute atomic E-state index is 13.6. The molecule has 190 valence electrons. The first kappa shape index (κ1) is 26.1. The van der Waals surface area contributed by atoms with E-state index in [0.717, 1.165) is 55.6 Å². The van der Waals surface area contributed by atoms with Crippen molar-refractivity contribution in [1.29, 1.82) is 0 Å². The third-order valence-corrected chi connectivity index (χ3v) is 6.91. The second-order valence-corrected chi connectivity index (χ2v) is 9.88. The molecular formula is C24H24ClF3N6OS. The summed E-state index contributed by atoms with van der Waals surface area (Å²) < 4.78 is 40.7. The van der Waals surface area contributed by atoms with Crippen molar-refractivity contribution in [3.63, 3.8) is 0 Å². The predicted octanol–water partition coefficient (Wildman–Crippen LogP) is 4.76. The van der Waals surface area contributed by atoms with Gasteiger partial charge in [-0.2, -0.15) is 18.2 Å². The first-order chi connectivity index (χ1) is 17.1. The lowest BCUT2D eigenvalue weighted by Crippen LogP contribution is -2.45. The molecule has 0 saturated carbocycles. The number of hydrogen-bond donors (Lipinski definition) is 2. The van der Waals surface area contributed by atoms with Crippen molar-refractivity contribution in [3.05, 3.63) is 70.4 Å². The lowest BCUT2D eigenvalue weighted by Gasteiger charge is -2.32. The highest BCUT2D eigenvalue weighted by atomic mass is 35.5. The predicted molar refractivity (Wildman–Crippen MR) is 135 cm³/mol. The van der Waals surface area contributed by atoms with Crippen LogP contribution in [0, 0.1) is 0 Å². The van der Waals surface area contributed by atoms with Gasteiger partial charge in [-0.1, -0.05) is 35.5 Å². The average Bonchev–Trinajstić information content (AvgIpc) is 2.83. The number of hydrogen-bond acceptors (Lipinski definition) is 7. The smallest absolute Gasteiger partial charge is 0.366 e. The van der Waals surface area contributed by atoms with E-state index >= 15 is 0 Å². The minimum absolute atomic E-state index is 0.272. The largest absolute Gasteiger partial charge is 0.417 e. The normalized spacial score (nSPS) is 14.6. The Kier molecular flexibility index (Phi) is 7.91. The fourth-order valence-electron chi connectivity index (χ4n) is 3.72. The molecule has 4 rings (SSSR count). The molecule has 3 N–H and O–H groups in total. The molecule has 0 radical (unpaired) electrons. The van der Waals surface area contributed by atoms with Crippen LogP contribution in [0.4, 0.5) is 24.9 Å². The Morgan fingerprint density at radius 3 is 2.58 bits per heavy atom. The van der Waals surface area contributed by atoms with E-state index in [1.54, 1.807) is 12.3 Å². The second-order valence-electron chi connectivity index (χ2n) is 8.33. The van der Waals surface area contributed by atoms with Crippen LogP contribution in [0.3, 0.4) is 0 Å². The van der Waals surface area contributed by atoms with Crippen molar-refractivity contribution < 1.29 is 18.0 Å². The molecule has 1 aromatic heterocycles. The van der Waals surface area contributed by atoms with E-state index < -0.39 is 23.2 Å². The Balaban J connectivity index is 1.65. The summed E-state index contributed by atoms with van der Waals surface area (Å²) in [5.41, 5.74) is 4.41. The van der Waals surface area contributed by atoms with E-state index in [2.05, 4.69) is 27.1 Å². The van der Waals surface area contributed by atoms with Gasteiger partial charge in [0.05, 0.1) is 16.0 Å². The Labute approximate surface area is 215 Å². The molecule has 36 heavy (non-hydrogen) atoms. The summed E-state index contributed by atoms with van der Waals surface area (Å²) in [4.78, 5) is 25.8. The van der Waals surface area contributed by atoms with Crippen molar-refractivity contribution in [2.45, 2.75) is 22.5 Å². The second kappa shape index (κ2) is 10.9. The van der Waals surface area contributed by atoms with Crippen molar-refractivity contribution in [3.8, 4) is 0 Å². The molecule has 3 aromatic rings. The number of primary amides is 1. The average molecular weight is 537 g/mol. The van der Waals surface area contributed by atoms with Crippen molar-refractivity contribution in [1.82, 2.24) is 14.9 Å². The summed E-state index contributed by atoms with van der Waals surface area (Å²) in [6, 6.07) is 10.8. The quantitative estimate of drug-likeness (QED) is 0.450. The molecule has 1 fully saturated rings. The van der Waals surface area contributed by atoms with Crippen molar-refractivity contribution >= 4 is 41.0 Å². The van der Waals surface area contributed by atoms with Gasteiger partial charge in [-0.15, -0.1) is 0 Å². The number of amides is 1. The molecule has 1 aliphatic heterocycles. The SMILES string of the molecule is CN1CCN(c2ncc(Sc3ccc(C(N)=O)c(C(F)(F)F)c3)c(NCc3cccc(Cl)c3)n2)CC1. The van der Waals surface area contributed by atoms with Gasteiger partial charge < -0.3 is 20.9 Å². The molecule has 1 amide bonds. The van der Waals surface area contributed by atoms with Gasteiger partial charge in [-0.05, 0) is 42.9 Å². The first-order valence-corrected chi connectivity index (χ1v) is 12.3. The monoisotopic (exact) mass is 536 g/mol. The molecule has 0 spiro atoms. The van der Waals surface area contributed by atoms with Gasteiger partial charge in [0.15, 0.2) is 0 Å². The Morgan fingerprint density at radius 1 is 1.17 bits per heavy atom. The van der Waals surface area contributed by atoms with Crippen LogP contribution in [-0.2, 0) is 12.7 Å². The van der Waals surface area contributed by atoms with E-state index in [1.165, 1.54) is 6.07 Å². The number of carbonyl (C=O) groups excluding carboxylic acids is 1. The van der Waals surface area contributed by atoms with Gasteiger partial charge >= 0.3 is 6.18 Å². The van der Waals surface area contributed by atoms with E-state index in [1.807, 2.05) is 18.2 Å². The van der Waals surface area contributed by atoms with E-state index in [0.29, 0.717) is 28.2 Å². The number of anilines is 2. The summed E-state index contributed by atoms with van der Waals surface area (Å²) in [6.45, 7) is 3.68. The minimum atomic E-state index is -4.73. The zero-order valence-electron chi connectivity index (χ0n) is 19.3. The van der Waals surface area contributed by atoms with E-state index in [9.17, 15) is 18.0 Å². The topological polar surface area (TPSA) is 87.4 Å². The van der Waals surface area contributed by atoms with Gasteiger partial charge in [0.25, 0.3) is 0 Å². The highest BCUT2D eigenvalue weighted by Gasteiger charge is 2.35. The van der Waals surface area contributed by atoms with E-state index in [-0.39, 0.29) is 4.90 Å². The van der Waals surface area contributed by atoms with Crippen LogP contribution in [-0.4, -0.2) is 54.0 Å². The summed E-state index contributed by atoms with van der Waals surface area (Å²) in [6.07, 6.45) is -3.13. The number of benzene rings is 2. The number of aromatic nitrogens is 2. The van der Waals surface area contributed by atoms with Crippen LogP contribution in [0.1, 0.15) is 21.5 Å². The highest BCUT2D eigenvalue weighted by Crippen LogP contribution is 2.38. The van der Waals surface area contributed by atoms with Crippen molar-refractivity contribution in [2.75, 3.05) is 43.4 Å². The number of carbonyl (C=O) groups is 1. The Morgan fingerprint density at radius 2 is 1.92 bits per heavy atom. The Bertz CT molecular complexity index is 1250. The van der Waals surface area contributed by atoms with Gasteiger partial charge in [-0.25, -0.2) is 4.98 Å². The molecule has 0 aliphatic carbocycles. The third kappa shape index (κ3) is 6.40. The standard InChI is InChI=1S/C24H24ClF3N6OS/c1-33-7-9-34(10-8-33)23-31-14-20(22(32-23)30-13-15-3-2-4-16(25)11-15)36-17-5-6-18(21(29)35)19(12-17)24(26,27)28/h2-6,11-12,14H,7-10,13H2,1H3,(H2,29,35)(H,30,31,32). The van der Waals surface area contributed by atoms with Crippen LogP contribution in [0.15, 0.2) is 58.5 Å². The lowest BCUT2D eigenvalue weighted by molar-refractivity contribution is -0.138. The molecule has 2 aromatic carbocycles. The lowest BCUT2D eigenvalue weighted by atomic mass is 10.1. The number of alkyl halides is 3. The maximum atomic E-state index is 13.6. The molecule has 1 aliphatic rings. The summed E-state index contributed by atoms with van der Waals surface area (Å²) in [5.74, 6) is -0.111. The van der Waals surface area contributed by atoms with Crippen LogP contribution in [0.5, 0.6) is 0 Å². The molecule has 1 saturated heterocycles. The van der Waals surface area contributed by atoms with E-state index in [4.69, 9.17) is 22.3 Å².